The summed E-state index contributed by atoms with van der Waals surface area (Å²) >= 11 is 0. The molecule has 0 aliphatic carbocycles. The van der Waals surface area contributed by atoms with Gasteiger partial charge in [-0.25, -0.2) is 0 Å². The van der Waals surface area contributed by atoms with Crippen molar-refractivity contribution in [2.45, 2.75) is 20.3 Å². The van der Waals surface area contributed by atoms with E-state index in [0.717, 1.165) is 19.8 Å². The zero-order valence-electron chi connectivity index (χ0n) is 7.56. The van der Waals surface area contributed by atoms with Crippen molar-refractivity contribution in [3.05, 3.63) is 11.6 Å². The molecule has 0 radical (unpaired) electrons. The summed E-state index contributed by atoms with van der Waals surface area (Å²) in [6.07, 6.45) is 3.51. The quantitative estimate of drug-likeness (QED) is 0.615. The Hall–Kier alpha value is -0.340. The van der Waals surface area contributed by atoms with Crippen LogP contribution in [0.1, 0.15) is 20.3 Å². The van der Waals surface area contributed by atoms with Gasteiger partial charge >= 0.3 is 0 Å². The Balaban J connectivity index is 2.19. The standard InChI is InChI=1S/C9H18N2/c1-3-9(2)4-6-11-7-5-10-8-11/h4,10H,3,5-8H2,1-2H3/b9-4+. The highest BCUT2D eigenvalue weighted by Crippen LogP contribution is 1.99. The predicted molar refractivity (Wildman–Crippen MR) is 48.5 cm³/mol. The fourth-order valence-corrected chi connectivity index (χ4v) is 1.14. The van der Waals surface area contributed by atoms with E-state index in [9.17, 15) is 0 Å². The van der Waals surface area contributed by atoms with Crippen LogP contribution >= 0.6 is 0 Å². The molecule has 64 valence electrons. The summed E-state index contributed by atoms with van der Waals surface area (Å²) in [5.74, 6) is 0. The largest absolute Gasteiger partial charge is 0.303 e. The summed E-state index contributed by atoms with van der Waals surface area (Å²) in [6.45, 7) is 8.93. The second-order valence-corrected chi connectivity index (χ2v) is 3.14. The minimum absolute atomic E-state index is 1.06. The average molecular weight is 154 g/mol. The Kier molecular flexibility index (Phi) is 3.60. The second-order valence-electron chi connectivity index (χ2n) is 3.14. The van der Waals surface area contributed by atoms with E-state index in [1.54, 1.807) is 0 Å². The van der Waals surface area contributed by atoms with Crippen molar-refractivity contribution in [2.75, 3.05) is 26.3 Å². The van der Waals surface area contributed by atoms with Crippen LogP contribution in [0.5, 0.6) is 0 Å². The molecule has 0 bridgehead atoms. The van der Waals surface area contributed by atoms with Crippen molar-refractivity contribution in [1.82, 2.24) is 10.2 Å². The number of hydrogen-bond acceptors (Lipinski definition) is 2. The van der Waals surface area contributed by atoms with Crippen molar-refractivity contribution in [1.29, 1.82) is 0 Å². The highest BCUT2D eigenvalue weighted by atomic mass is 15.3. The lowest BCUT2D eigenvalue weighted by Crippen LogP contribution is -2.22. The smallest absolute Gasteiger partial charge is 0.0484 e. The van der Waals surface area contributed by atoms with Gasteiger partial charge in [0.25, 0.3) is 0 Å². The molecular weight excluding hydrogens is 136 g/mol. The Labute approximate surface area is 69.3 Å². The number of nitrogens with one attached hydrogen (secondary N) is 1. The molecule has 0 amide bonds. The van der Waals surface area contributed by atoms with Crippen molar-refractivity contribution in [3.8, 4) is 0 Å². The predicted octanol–water partition coefficient (Wildman–Crippen LogP) is 1.21. The van der Waals surface area contributed by atoms with Crippen molar-refractivity contribution in [2.24, 2.45) is 0 Å². The van der Waals surface area contributed by atoms with Crippen molar-refractivity contribution in [3.63, 3.8) is 0 Å². The zero-order chi connectivity index (χ0) is 8.10. The third kappa shape index (κ3) is 3.04. The highest BCUT2D eigenvalue weighted by molar-refractivity contribution is 4.98. The molecule has 0 atom stereocenters. The zero-order valence-corrected chi connectivity index (χ0v) is 7.56. The van der Waals surface area contributed by atoms with Gasteiger partial charge in [0.05, 0.1) is 0 Å². The van der Waals surface area contributed by atoms with Crippen LogP contribution in [0.15, 0.2) is 11.6 Å². The van der Waals surface area contributed by atoms with E-state index in [0.29, 0.717) is 0 Å². The molecule has 1 rings (SSSR count). The van der Waals surface area contributed by atoms with E-state index in [4.69, 9.17) is 0 Å². The van der Waals surface area contributed by atoms with Gasteiger partial charge in [-0.1, -0.05) is 18.6 Å². The Bertz CT molecular complexity index is 134. The molecule has 1 aliphatic rings. The highest BCUT2D eigenvalue weighted by Gasteiger charge is 2.07. The van der Waals surface area contributed by atoms with Gasteiger partial charge < -0.3 is 5.32 Å². The Morgan fingerprint density at radius 2 is 2.45 bits per heavy atom. The first-order chi connectivity index (χ1) is 5.33. The van der Waals surface area contributed by atoms with E-state index in [2.05, 4.69) is 30.1 Å². The van der Waals surface area contributed by atoms with E-state index >= 15 is 0 Å². The van der Waals surface area contributed by atoms with Gasteiger partial charge in [-0.2, -0.15) is 0 Å². The third-order valence-electron chi connectivity index (χ3n) is 2.20. The van der Waals surface area contributed by atoms with Crippen molar-refractivity contribution < 1.29 is 0 Å². The summed E-state index contributed by atoms with van der Waals surface area (Å²) in [7, 11) is 0. The minimum atomic E-state index is 1.06. The Morgan fingerprint density at radius 3 is 3.00 bits per heavy atom. The van der Waals surface area contributed by atoms with E-state index in [1.165, 1.54) is 18.5 Å². The van der Waals surface area contributed by atoms with E-state index in [1.807, 2.05) is 0 Å². The monoisotopic (exact) mass is 154 g/mol. The maximum atomic E-state index is 3.31. The summed E-state index contributed by atoms with van der Waals surface area (Å²) in [4.78, 5) is 2.42. The first kappa shape index (κ1) is 8.75. The van der Waals surface area contributed by atoms with Crippen LogP contribution in [-0.4, -0.2) is 31.2 Å². The molecule has 0 unspecified atom stereocenters. The molecule has 1 N–H and O–H groups in total. The van der Waals surface area contributed by atoms with Gasteiger partial charge in [-0.05, 0) is 13.3 Å². The van der Waals surface area contributed by atoms with Gasteiger partial charge in [0.1, 0.15) is 0 Å². The van der Waals surface area contributed by atoms with Crippen LogP contribution in [0.4, 0.5) is 0 Å². The molecule has 2 nitrogen and oxygen atoms in total. The molecule has 0 saturated carbocycles. The lowest BCUT2D eigenvalue weighted by molar-refractivity contribution is 0.371. The summed E-state index contributed by atoms with van der Waals surface area (Å²) in [6, 6.07) is 0. The first-order valence-corrected chi connectivity index (χ1v) is 4.41. The van der Waals surface area contributed by atoms with Crippen LogP contribution in [0.3, 0.4) is 0 Å². The maximum absolute atomic E-state index is 3.31. The molecule has 0 aromatic carbocycles. The van der Waals surface area contributed by atoms with Crippen LogP contribution in [0.25, 0.3) is 0 Å². The average Bonchev–Trinajstić information content (AvgIpc) is 2.52. The number of nitrogens with zero attached hydrogens (tertiary/aromatic N) is 1. The minimum Gasteiger partial charge on any atom is -0.303 e. The summed E-state index contributed by atoms with van der Waals surface area (Å²) in [5, 5.41) is 3.31. The SMILES string of the molecule is CC/C(C)=C/CN1CCNC1. The number of allylic oxidation sites excluding steroid dienone is 1. The second kappa shape index (κ2) is 4.52. The van der Waals surface area contributed by atoms with Crippen molar-refractivity contribution >= 4 is 0 Å². The lowest BCUT2D eigenvalue weighted by Gasteiger charge is -2.10. The fraction of sp³-hybridized carbons (Fsp3) is 0.778. The topological polar surface area (TPSA) is 15.3 Å². The van der Waals surface area contributed by atoms with Crippen LogP contribution in [-0.2, 0) is 0 Å². The molecule has 0 spiro atoms. The molecule has 1 aliphatic heterocycles. The van der Waals surface area contributed by atoms with E-state index in [-0.39, 0.29) is 0 Å². The third-order valence-corrected chi connectivity index (χ3v) is 2.20. The number of rotatable bonds is 3. The summed E-state index contributed by atoms with van der Waals surface area (Å²) in [5.41, 5.74) is 1.50. The van der Waals surface area contributed by atoms with Gasteiger partial charge in [0.15, 0.2) is 0 Å². The Morgan fingerprint density at radius 1 is 1.64 bits per heavy atom. The van der Waals surface area contributed by atoms with Gasteiger partial charge in [0, 0.05) is 26.3 Å². The molecule has 1 saturated heterocycles. The molecule has 1 heterocycles. The molecule has 0 aromatic rings. The van der Waals surface area contributed by atoms with Gasteiger partial charge in [-0.15, -0.1) is 0 Å². The number of hydrogen-bond donors (Lipinski definition) is 1. The summed E-state index contributed by atoms with van der Waals surface area (Å²) < 4.78 is 0. The molecule has 0 aromatic heterocycles. The van der Waals surface area contributed by atoms with Gasteiger partial charge in [-0.3, -0.25) is 4.90 Å². The fourth-order valence-electron chi connectivity index (χ4n) is 1.14. The van der Waals surface area contributed by atoms with Crippen LogP contribution < -0.4 is 5.32 Å². The molecule has 1 fully saturated rings. The molecular formula is C9H18N2. The lowest BCUT2D eigenvalue weighted by atomic mass is 10.2. The van der Waals surface area contributed by atoms with E-state index < -0.39 is 0 Å². The molecule has 11 heavy (non-hydrogen) atoms. The van der Waals surface area contributed by atoms with Gasteiger partial charge in [0.2, 0.25) is 0 Å². The normalized spacial score (nSPS) is 21.1. The van der Waals surface area contributed by atoms with Crippen LogP contribution in [0, 0.1) is 0 Å². The molecule has 2 heteroatoms. The first-order valence-electron chi connectivity index (χ1n) is 4.41. The maximum Gasteiger partial charge on any atom is 0.0484 e. The van der Waals surface area contributed by atoms with Crippen LogP contribution in [0.2, 0.25) is 0 Å².